The van der Waals surface area contributed by atoms with Gasteiger partial charge in [-0.15, -0.1) is 23.5 Å². The van der Waals surface area contributed by atoms with Gasteiger partial charge in [0, 0.05) is 31.5 Å². The number of hydrazone groups is 1. The molecule has 0 aliphatic heterocycles. The molecular weight excluding hydrogens is 489 g/mol. The smallest absolute Gasteiger partial charge is 0.0830 e. The van der Waals surface area contributed by atoms with E-state index in [1.807, 2.05) is 23.2 Å². The van der Waals surface area contributed by atoms with Crippen molar-refractivity contribution in [1.29, 1.82) is 0 Å². The minimum atomic E-state index is -0.484. The van der Waals surface area contributed by atoms with Gasteiger partial charge >= 0.3 is 0 Å². The Morgan fingerprint density at radius 2 is 1.54 bits per heavy atom. The largest absolute Gasteiger partial charge is 0.390 e. The van der Waals surface area contributed by atoms with E-state index >= 15 is 0 Å². The molecule has 3 aromatic rings. The Kier molecular flexibility index (Phi) is 10.1. The number of aliphatic hydroxyl groups is 1. The van der Waals surface area contributed by atoms with Crippen LogP contribution in [0.3, 0.4) is 0 Å². The predicted molar refractivity (Wildman–Crippen MR) is 154 cm³/mol. The fraction of sp³-hybridized carbons (Fsp3) is 0.345. The van der Waals surface area contributed by atoms with Crippen molar-refractivity contribution in [1.82, 2.24) is 0 Å². The first-order chi connectivity index (χ1) is 17.1. The summed E-state index contributed by atoms with van der Waals surface area (Å²) in [5.74, 6) is 1.85. The maximum atomic E-state index is 10.8. The molecule has 4 rings (SSSR count). The third kappa shape index (κ3) is 8.07. The summed E-state index contributed by atoms with van der Waals surface area (Å²) in [7, 11) is 0. The Morgan fingerprint density at radius 1 is 0.914 bits per heavy atom. The lowest BCUT2D eigenvalue weighted by Crippen LogP contribution is -2.30. The second-order valence-electron chi connectivity index (χ2n) is 8.97. The van der Waals surface area contributed by atoms with Crippen molar-refractivity contribution in [2.75, 3.05) is 23.6 Å². The Balaban J connectivity index is 1.31. The van der Waals surface area contributed by atoms with E-state index in [9.17, 15) is 5.11 Å². The lowest BCUT2D eigenvalue weighted by molar-refractivity contribution is 0.205. The quantitative estimate of drug-likeness (QED) is 0.157. The van der Waals surface area contributed by atoms with Gasteiger partial charge < -0.3 is 5.11 Å². The molecule has 3 nitrogen and oxygen atoms in total. The van der Waals surface area contributed by atoms with E-state index < -0.39 is 6.10 Å². The highest BCUT2D eigenvalue weighted by atomic mass is 32.2. The molecule has 6 heteroatoms. The second kappa shape index (κ2) is 13.4. The van der Waals surface area contributed by atoms with Crippen LogP contribution in [0.2, 0.25) is 0 Å². The number of hydrogen-bond acceptors (Lipinski definition) is 6. The van der Waals surface area contributed by atoms with Gasteiger partial charge in [0.2, 0.25) is 0 Å². The summed E-state index contributed by atoms with van der Waals surface area (Å²) in [5.41, 5.74) is 1.02. The van der Waals surface area contributed by atoms with Crippen molar-refractivity contribution in [2.45, 2.75) is 51.9 Å². The number of benzene rings is 3. The fourth-order valence-corrected chi connectivity index (χ4v) is 6.25. The first-order valence-electron chi connectivity index (χ1n) is 12.2. The van der Waals surface area contributed by atoms with Crippen LogP contribution in [0.5, 0.6) is 0 Å². The van der Waals surface area contributed by atoms with Crippen LogP contribution in [0.1, 0.15) is 26.2 Å². The standard InChI is InChI=1S/C29H34N2OS3/c1-22-7-6-8-23(22)19-30-31(24-9-4-3-5-10-24)20-25(32)21-34-27-13-17-29(18-14-27)35-28-15-11-26(33-2)12-16-28/h3-5,9-19,22-23,25,32H,6-8,20-21H2,1-2H3/b30-19+. The normalized spacial score (nSPS) is 18.7. The minimum absolute atomic E-state index is 0.481. The van der Waals surface area contributed by atoms with Crippen LogP contribution in [0.4, 0.5) is 5.69 Å². The molecule has 184 valence electrons. The highest BCUT2D eigenvalue weighted by Crippen LogP contribution is 2.32. The van der Waals surface area contributed by atoms with Crippen molar-refractivity contribution in [3.05, 3.63) is 78.9 Å². The molecule has 1 aliphatic carbocycles. The molecule has 0 spiro atoms. The Labute approximate surface area is 222 Å². The highest BCUT2D eigenvalue weighted by Gasteiger charge is 2.22. The van der Waals surface area contributed by atoms with E-state index in [-0.39, 0.29) is 0 Å². The van der Waals surface area contributed by atoms with Crippen LogP contribution in [0, 0.1) is 11.8 Å². The fourth-order valence-electron chi connectivity index (χ4n) is 4.21. The van der Waals surface area contributed by atoms with Gasteiger partial charge in [-0.3, -0.25) is 5.01 Å². The molecule has 0 bridgehead atoms. The van der Waals surface area contributed by atoms with Crippen molar-refractivity contribution in [2.24, 2.45) is 16.9 Å². The lowest BCUT2D eigenvalue weighted by Gasteiger charge is -2.23. The van der Waals surface area contributed by atoms with Crippen molar-refractivity contribution >= 4 is 47.2 Å². The van der Waals surface area contributed by atoms with Gasteiger partial charge in [-0.05, 0) is 85.2 Å². The van der Waals surface area contributed by atoms with Gasteiger partial charge in [0.15, 0.2) is 0 Å². The first kappa shape index (κ1) is 26.2. The van der Waals surface area contributed by atoms with Crippen LogP contribution in [0.25, 0.3) is 0 Å². The summed E-state index contributed by atoms with van der Waals surface area (Å²) < 4.78 is 0. The SMILES string of the molecule is CSc1ccc(Sc2ccc(SCC(O)CN(/N=C/C3CCCC3C)c3ccccc3)cc2)cc1. The lowest BCUT2D eigenvalue weighted by atomic mass is 10.00. The number of thioether (sulfide) groups is 2. The molecule has 0 saturated heterocycles. The third-order valence-electron chi connectivity index (χ3n) is 6.32. The van der Waals surface area contributed by atoms with E-state index in [4.69, 9.17) is 5.10 Å². The Hall–Kier alpha value is -1.86. The molecular formula is C29H34N2OS3. The summed E-state index contributed by atoms with van der Waals surface area (Å²) >= 11 is 5.22. The molecule has 0 heterocycles. The molecule has 3 atom stereocenters. The van der Waals surface area contributed by atoms with E-state index in [0.29, 0.717) is 24.1 Å². The average molecular weight is 523 g/mol. The molecule has 1 saturated carbocycles. The summed E-state index contributed by atoms with van der Waals surface area (Å²) in [6.45, 7) is 2.79. The number of hydrogen-bond donors (Lipinski definition) is 1. The molecule has 35 heavy (non-hydrogen) atoms. The molecule has 3 aromatic carbocycles. The van der Waals surface area contributed by atoms with Gasteiger partial charge in [0.05, 0.1) is 18.3 Å². The van der Waals surface area contributed by atoms with Crippen LogP contribution in [-0.4, -0.2) is 36.0 Å². The van der Waals surface area contributed by atoms with Gasteiger partial charge in [-0.25, -0.2) is 0 Å². The molecule has 1 aliphatic rings. The molecule has 1 fully saturated rings. The van der Waals surface area contributed by atoms with E-state index in [1.54, 1.807) is 35.3 Å². The zero-order chi connectivity index (χ0) is 24.5. The third-order valence-corrected chi connectivity index (χ3v) is 9.24. The van der Waals surface area contributed by atoms with E-state index in [0.717, 1.165) is 5.69 Å². The van der Waals surface area contributed by atoms with Gasteiger partial charge in [0.25, 0.3) is 0 Å². The topological polar surface area (TPSA) is 35.8 Å². The zero-order valence-corrected chi connectivity index (χ0v) is 22.9. The monoisotopic (exact) mass is 522 g/mol. The van der Waals surface area contributed by atoms with Crippen LogP contribution in [-0.2, 0) is 0 Å². The molecule has 0 aromatic heterocycles. The van der Waals surface area contributed by atoms with Gasteiger partial charge in [-0.1, -0.05) is 49.7 Å². The van der Waals surface area contributed by atoms with Crippen molar-refractivity contribution in [3.63, 3.8) is 0 Å². The predicted octanol–water partition coefficient (Wildman–Crippen LogP) is 7.94. The van der Waals surface area contributed by atoms with Crippen LogP contribution < -0.4 is 5.01 Å². The summed E-state index contributed by atoms with van der Waals surface area (Å²) in [6, 6.07) is 27.4. The molecule has 3 unspecified atom stereocenters. The minimum Gasteiger partial charge on any atom is -0.390 e. The number of aliphatic hydroxyl groups excluding tert-OH is 1. The number of para-hydroxylation sites is 1. The Morgan fingerprint density at radius 3 is 2.14 bits per heavy atom. The summed E-state index contributed by atoms with van der Waals surface area (Å²) in [4.78, 5) is 4.91. The number of anilines is 1. The van der Waals surface area contributed by atoms with E-state index in [2.05, 4.69) is 80.1 Å². The molecule has 0 amide bonds. The maximum Gasteiger partial charge on any atom is 0.0830 e. The zero-order valence-electron chi connectivity index (χ0n) is 20.4. The highest BCUT2D eigenvalue weighted by molar-refractivity contribution is 8.00. The van der Waals surface area contributed by atoms with E-state index in [1.165, 1.54) is 38.8 Å². The number of rotatable bonds is 11. The Bertz CT molecular complexity index is 1060. The number of nitrogens with zero attached hydrogens (tertiary/aromatic N) is 2. The first-order valence-corrected chi connectivity index (χ1v) is 15.2. The van der Waals surface area contributed by atoms with Crippen molar-refractivity contribution < 1.29 is 5.11 Å². The second-order valence-corrected chi connectivity index (χ2v) is 12.1. The van der Waals surface area contributed by atoms with Crippen molar-refractivity contribution in [3.8, 4) is 0 Å². The van der Waals surface area contributed by atoms with Crippen LogP contribution in [0.15, 0.2) is 104 Å². The average Bonchev–Trinajstić information content (AvgIpc) is 3.31. The van der Waals surface area contributed by atoms with Gasteiger partial charge in [-0.2, -0.15) is 5.10 Å². The molecule has 1 N–H and O–H groups in total. The van der Waals surface area contributed by atoms with Crippen LogP contribution >= 0.6 is 35.3 Å². The molecule has 0 radical (unpaired) electrons. The summed E-state index contributed by atoms with van der Waals surface area (Å²) in [5, 5.41) is 17.6. The summed E-state index contributed by atoms with van der Waals surface area (Å²) in [6.07, 6.45) is 7.49. The maximum absolute atomic E-state index is 10.8. The van der Waals surface area contributed by atoms with Gasteiger partial charge in [0.1, 0.15) is 0 Å².